The summed E-state index contributed by atoms with van der Waals surface area (Å²) in [5.41, 5.74) is 1.03. The van der Waals surface area contributed by atoms with E-state index in [2.05, 4.69) is 12.1 Å². The summed E-state index contributed by atoms with van der Waals surface area (Å²) in [6.45, 7) is 1.43. The molecule has 0 radical (unpaired) electrons. The number of benzene rings is 1. The van der Waals surface area contributed by atoms with E-state index in [-0.39, 0.29) is 17.8 Å². The molecule has 124 valence electrons. The number of piperidine rings is 1. The van der Waals surface area contributed by atoms with Crippen molar-refractivity contribution in [2.75, 3.05) is 13.1 Å². The second kappa shape index (κ2) is 6.73. The van der Waals surface area contributed by atoms with E-state index >= 15 is 0 Å². The van der Waals surface area contributed by atoms with E-state index in [1.54, 1.807) is 0 Å². The highest BCUT2D eigenvalue weighted by molar-refractivity contribution is 5.84. The quantitative estimate of drug-likeness (QED) is 0.908. The predicted octanol–water partition coefficient (Wildman–Crippen LogP) is 3.11. The van der Waals surface area contributed by atoms with E-state index in [9.17, 15) is 9.59 Å². The molecule has 1 aromatic rings. The van der Waals surface area contributed by atoms with Crippen molar-refractivity contribution in [2.24, 2.45) is 11.3 Å². The lowest BCUT2D eigenvalue weighted by molar-refractivity contribution is -0.149. The van der Waals surface area contributed by atoms with Gasteiger partial charge < -0.3 is 10.0 Å². The van der Waals surface area contributed by atoms with Gasteiger partial charge in [-0.15, -0.1) is 0 Å². The smallest absolute Gasteiger partial charge is 0.303 e. The first-order chi connectivity index (χ1) is 11.1. The first kappa shape index (κ1) is 16.0. The summed E-state index contributed by atoms with van der Waals surface area (Å²) in [6.07, 6.45) is 5.80. The molecule has 4 nitrogen and oxygen atoms in total. The highest BCUT2D eigenvalue weighted by Gasteiger charge is 2.46. The van der Waals surface area contributed by atoms with E-state index in [1.165, 1.54) is 5.56 Å². The number of likely N-dealkylation sites (tertiary alicyclic amines) is 1. The van der Waals surface area contributed by atoms with Crippen molar-refractivity contribution in [3.63, 3.8) is 0 Å². The second-order valence-electron chi connectivity index (χ2n) is 7.13. The van der Waals surface area contributed by atoms with Gasteiger partial charge in [0.2, 0.25) is 5.91 Å². The molecular weight excluding hydrogens is 290 g/mol. The Morgan fingerprint density at radius 1 is 1.13 bits per heavy atom. The minimum absolute atomic E-state index is 0.207. The van der Waals surface area contributed by atoms with Gasteiger partial charge in [0.15, 0.2) is 0 Å². The molecule has 0 aromatic heterocycles. The normalized spacial score (nSPS) is 20.8. The van der Waals surface area contributed by atoms with Crippen LogP contribution in [0.1, 0.15) is 44.1 Å². The third-order valence-corrected chi connectivity index (χ3v) is 5.51. The molecule has 23 heavy (non-hydrogen) atoms. The van der Waals surface area contributed by atoms with Gasteiger partial charge in [0.1, 0.15) is 0 Å². The first-order valence-electron chi connectivity index (χ1n) is 8.64. The zero-order valence-corrected chi connectivity index (χ0v) is 13.5. The fourth-order valence-electron chi connectivity index (χ4n) is 3.98. The Balaban J connectivity index is 1.61. The number of hydrogen-bond acceptors (Lipinski definition) is 2. The standard InChI is InChI=1S/C19H25NO3/c21-17(22)13-15-7-11-20(12-8-15)18(23)19(9-4-10-19)14-16-5-2-1-3-6-16/h1-3,5-6,15H,4,7-14H2,(H,21,22). The van der Waals surface area contributed by atoms with Gasteiger partial charge in [-0.05, 0) is 43.6 Å². The molecule has 1 heterocycles. The van der Waals surface area contributed by atoms with Crippen LogP contribution in [0, 0.1) is 11.3 Å². The van der Waals surface area contributed by atoms with Gasteiger partial charge in [-0.2, -0.15) is 0 Å². The topological polar surface area (TPSA) is 57.6 Å². The number of carbonyl (C=O) groups is 2. The minimum atomic E-state index is -0.727. The van der Waals surface area contributed by atoms with Crippen molar-refractivity contribution < 1.29 is 14.7 Å². The monoisotopic (exact) mass is 315 g/mol. The molecule has 2 fully saturated rings. The molecule has 1 aliphatic heterocycles. The minimum Gasteiger partial charge on any atom is -0.481 e. The van der Waals surface area contributed by atoms with E-state index in [0.717, 1.165) is 38.5 Å². The number of hydrogen-bond donors (Lipinski definition) is 1. The molecule has 0 spiro atoms. The Labute approximate surface area is 137 Å². The molecule has 1 amide bonds. The third-order valence-electron chi connectivity index (χ3n) is 5.51. The van der Waals surface area contributed by atoms with Gasteiger partial charge in [-0.1, -0.05) is 36.8 Å². The van der Waals surface area contributed by atoms with Crippen LogP contribution in [-0.4, -0.2) is 35.0 Å². The average molecular weight is 315 g/mol. The van der Waals surface area contributed by atoms with Gasteiger partial charge in [-0.25, -0.2) is 0 Å². The molecule has 1 saturated heterocycles. The van der Waals surface area contributed by atoms with E-state index in [4.69, 9.17) is 5.11 Å². The molecule has 1 aromatic carbocycles. The Morgan fingerprint density at radius 3 is 2.30 bits per heavy atom. The van der Waals surface area contributed by atoms with Crippen molar-refractivity contribution in [3.05, 3.63) is 35.9 Å². The van der Waals surface area contributed by atoms with Gasteiger partial charge >= 0.3 is 5.97 Å². The summed E-state index contributed by atoms with van der Waals surface area (Å²) >= 11 is 0. The molecule has 4 heteroatoms. The van der Waals surface area contributed by atoms with Crippen LogP contribution in [0.3, 0.4) is 0 Å². The van der Waals surface area contributed by atoms with Crippen molar-refractivity contribution in [3.8, 4) is 0 Å². The lowest BCUT2D eigenvalue weighted by Crippen LogP contribution is -2.51. The average Bonchev–Trinajstić information content (AvgIpc) is 2.51. The zero-order valence-electron chi connectivity index (χ0n) is 13.5. The lowest BCUT2D eigenvalue weighted by atomic mass is 9.64. The predicted molar refractivity (Wildman–Crippen MR) is 88.0 cm³/mol. The molecule has 1 N–H and O–H groups in total. The summed E-state index contributed by atoms with van der Waals surface area (Å²) in [7, 11) is 0. The zero-order chi connectivity index (χ0) is 16.3. The molecule has 0 bridgehead atoms. The van der Waals surface area contributed by atoms with Gasteiger partial charge in [0, 0.05) is 19.5 Å². The van der Waals surface area contributed by atoms with Crippen LogP contribution in [0.15, 0.2) is 30.3 Å². The Morgan fingerprint density at radius 2 is 1.78 bits per heavy atom. The number of carbonyl (C=O) groups excluding carboxylic acids is 1. The van der Waals surface area contributed by atoms with Crippen molar-refractivity contribution in [1.29, 1.82) is 0 Å². The van der Waals surface area contributed by atoms with E-state index in [0.29, 0.717) is 19.0 Å². The maximum Gasteiger partial charge on any atom is 0.303 e. The number of rotatable bonds is 5. The van der Waals surface area contributed by atoms with Gasteiger partial charge in [0.05, 0.1) is 5.41 Å². The summed E-state index contributed by atoms with van der Waals surface area (Å²) in [4.78, 5) is 25.9. The maximum atomic E-state index is 13.0. The SMILES string of the molecule is O=C(O)CC1CCN(C(=O)C2(Cc3ccccc3)CCC2)CC1. The number of carboxylic acid groups (broad SMARTS) is 1. The molecular formula is C19H25NO3. The Bertz CT molecular complexity index is 557. The van der Waals surface area contributed by atoms with Crippen LogP contribution in [-0.2, 0) is 16.0 Å². The van der Waals surface area contributed by atoms with Gasteiger partial charge in [-0.3, -0.25) is 9.59 Å². The molecule has 3 rings (SSSR count). The highest BCUT2D eigenvalue weighted by Crippen LogP contribution is 2.45. The second-order valence-corrected chi connectivity index (χ2v) is 7.13. The number of nitrogens with zero attached hydrogens (tertiary/aromatic N) is 1. The third kappa shape index (κ3) is 3.57. The van der Waals surface area contributed by atoms with Crippen LogP contribution in [0.4, 0.5) is 0 Å². The van der Waals surface area contributed by atoms with E-state index in [1.807, 2.05) is 23.1 Å². The fourth-order valence-corrected chi connectivity index (χ4v) is 3.98. The van der Waals surface area contributed by atoms with Crippen molar-refractivity contribution in [1.82, 2.24) is 4.90 Å². The molecule has 1 saturated carbocycles. The molecule has 0 unspecified atom stereocenters. The lowest BCUT2D eigenvalue weighted by Gasteiger charge is -2.45. The largest absolute Gasteiger partial charge is 0.481 e. The van der Waals surface area contributed by atoms with Crippen molar-refractivity contribution in [2.45, 2.75) is 44.9 Å². The van der Waals surface area contributed by atoms with E-state index < -0.39 is 5.97 Å². The summed E-state index contributed by atoms with van der Waals surface area (Å²) in [6, 6.07) is 10.3. The maximum absolute atomic E-state index is 13.0. The number of aliphatic carboxylic acids is 1. The molecule has 0 atom stereocenters. The van der Waals surface area contributed by atoms with Crippen LogP contribution >= 0.6 is 0 Å². The van der Waals surface area contributed by atoms with Crippen LogP contribution < -0.4 is 0 Å². The Kier molecular flexibility index (Phi) is 4.69. The Hall–Kier alpha value is -1.84. The fraction of sp³-hybridized carbons (Fsp3) is 0.579. The first-order valence-corrected chi connectivity index (χ1v) is 8.64. The van der Waals surface area contributed by atoms with Crippen LogP contribution in [0.25, 0.3) is 0 Å². The van der Waals surface area contributed by atoms with Crippen LogP contribution in [0.5, 0.6) is 0 Å². The van der Waals surface area contributed by atoms with Crippen molar-refractivity contribution >= 4 is 11.9 Å². The molecule has 1 aliphatic carbocycles. The number of amides is 1. The summed E-state index contributed by atoms with van der Waals surface area (Å²) in [5.74, 6) is -0.210. The molecule has 2 aliphatic rings. The summed E-state index contributed by atoms with van der Waals surface area (Å²) in [5, 5.41) is 8.90. The van der Waals surface area contributed by atoms with Crippen LogP contribution in [0.2, 0.25) is 0 Å². The highest BCUT2D eigenvalue weighted by atomic mass is 16.4. The number of carboxylic acids is 1. The van der Waals surface area contributed by atoms with Gasteiger partial charge in [0.25, 0.3) is 0 Å². The summed E-state index contributed by atoms with van der Waals surface area (Å²) < 4.78 is 0.